The van der Waals surface area contributed by atoms with Gasteiger partial charge in [-0.3, -0.25) is 5.41 Å². The normalized spacial score (nSPS) is 10.9. The van der Waals surface area contributed by atoms with Gasteiger partial charge in [-0.05, 0) is 24.6 Å². The first-order valence-corrected chi connectivity index (χ1v) is 5.84. The van der Waals surface area contributed by atoms with Crippen LogP contribution < -0.4 is 16.4 Å². The molecule has 5 N–H and O–H groups in total. The van der Waals surface area contributed by atoms with Crippen molar-refractivity contribution in [2.24, 2.45) is 5.73 Å². The van der Waals surface area contributed by atoms with Gasteiger partial charge in [-0.15, -0.1) is 0 Å². The number of benzene rings is 1. The number of halogens is 3. The van der Waals surface area contributed by atoms with Crippen LogP contribution in [-0.2, 0) is 6.18 Å². The largest absolute Gasteiger partial charge is 0.416 e. The van der Waals surface area contributed by atoms with Gasteiger partial charge in [-0.25, -0.2) is 4.79 Å². The van der Waals surface area contributed by atoms with Crippen molar-refractivity contribution in [3.8, 4) is 0 Å². The minimum atomic E-state index is -4.45. The number of amides is 2. The van der Waals surface area contributed by atoms with Crippen molar-refractivity contribution >= 4 is 17.6 Å². The molecule has 0 aromatic heterocycles. The Balaban J connectivity index is 2.48. The third kappa shape index (κ3) is 5.59. The van der Waals surface area contributed by atoms with Gasteiger partial charge in [-0.1, -0.05) is 6.07 Å². The summed E-state index contributed by atoms with van der Waals surface area (Å²) in [6.07, 6.45) is -3.61. The molecule has 0 unspecified atom stereocenters. The van der Waals surface area contributed by atoms with E-state index in [0.717, 1.165) is 12.1 Å². The van der Waals surface area contributed by atoms with Crippen LogP contribution >= 0.6 is 0 Å². The fourth-order valence-electron chi connectivity index (χ4n) is 1.43. The minimum Gasteiger partial charge on any atom is -0.388 e. The molecule has 0 atom stereocenters. The van der Waals surface area contributed by atoms with Crippen LogP contribution in [0.4, 0.5) is 23.7 Å². The highest BCUT2D eigenvalue weighted by Crippen LogP contribution is 2.30. The highest BCUT2D eigenvalue weighted by Gasteiger charge is 2.30. The summed E-state index contributed by atoms with van der Waals surface area (Å²) in [6.45, 7) is 0.282. The number of alkyl halides is 3. The number of rotatable bonds is 5. The zero-order valence-corrected chi connectivity index (χ0v) is 10.6. The van der Waals surface area contributed by atoms with E-state index in [-0.39, 0.29) is 18.1 Å². The van der Waals surface area contributed by atoms with Gasteiger partial charge in [0.25, 0.3) is 0 Å². The summed E-state index contributed by atoms with van der Waals surface area (Å²) in [5.74, 6) is 0.0186. The quantitative estimate of drug-likeness (QED) is 0.381. The summed E-state index contributed by atoms with van der Waals surface area (Å²) in [4.78, 5) is 11.4. The highest BCUT2D eigenvalue weighted by atomic mass is 19.4. The van der Waals surface area contributed by atoms with E-state index in [0.29, 0.717) is 12.8 Å². The highest BCUT2D eigenvalue weighted by molar-refractivity contribution is 5.89. The molecular formula is C12H15F3N4O. The molecule has 1 aromatic carbocycles. The van der Waals surface area contributed by atoms with Gasteiger partial charge >= 0.3 is 12.2 Å². The molecule has 8 heteroatoms. The van der Waals surface area contributed by atoms with Gasteiger partial charge in [0.05, 0.1) is 11.4 Å². The first-order valence-electron chi connectivity index (χ1n) is 5.84. The Morgan fingerprint density at radius 1 is 1.35 bits per heavy atom. The Labute approximate surface area is 113 Å². The van der Waals surface area contributed by atoms with Crippen molar-refractivity contribution in [3.05, 3.63) is 29.8 Å². The van der Waals surface area contributed by atoms with E-state index >= 15 is 0 Å². The number of hydrogen-bond acceptors (Lipinski definition) is 2. The monoisotopic (exact) mass is 288 g/mol. The molecule has 0 aliphatic rings. The third-order valence-corrected chi connectivity index (χ3v) is 2.36. The molecule has 0 spiro atoms. The number of urea groups is 1. The second-order valence-electron chi connectivity index (χ2n) is 4.09. The number of carbonyl (C=O) groups excluding carboxylic acids is 1. The van der Waals surface area contributed by atoms with Crippen molar-refractivity contribution in [1.82, 2.24) is 5.32 Å². The summed E-state index contributed by atoms with van der Waals surface area (Å²) < 4.78 is 37.4. The number of nitrogens with two attached hydrogens (primary N) is 1. The Morgan fingerprint density at radius 3 is 2.65 bits per heavy atom. The van der Waals surface area contributed by atoms with Crippen molar-refractivity contribution in [2.45, 2.75) is 19.0 Å². The Hall–Kier alpha value is -2.25. The zero-order valence-electron chi connectivity index (χ0n) is 10.6. The number of nitrogens with one attached hydrogen (secondary N) is 3. The molecule has 0 fully saturated rings. The van der Waals surface area contributed by atoms with E-state index in [4.69, 9.17) is 11.1 Å². The molecule has 5 nitrogen and oxygen atoms in total. The van der Waals surface area contributed by atoms with Gasteiger partial charge < -0.3 is 16.4 Å². The lowest BCUT2D eigenvalue weighted by Gasteiger charge is -2.10. The van der Waals surface area contributed by atoms with Gasteiger partial charge in [0.1, 0.15) is 0 Å². The molecular weight excluding hydrogens is 273 g/mol. The first kappa shape index (κ1) is 15.8. The van der Waals surface area contributed by atoms with Crippen LogP contribution in [0.3, 0.4) is 0 Å². The van der Waals surface area contributed by atoms with E-state index in [1.54, 1.807) is 0 Å². The molecule has 0 radical (unpaired) electrons. The molecule has 2 amide bonds. The fraction of sp³-hybridized carbons (Fsp3) is 0.333. The SMILES string of the molecule is N=C(N)CCCNC(=O)Nc1cccc(C(F)(F)F)c1. The molecule has 0 heterocycles. The standard InChI is InChI=1S/C12H15F3N4O/c13-12(14,15)8-3-1-4-9(7-8)19-11(20)18-6-2-5-10(16)17/h1,3-4,7H,2,5-6H2,(H3,16,17)(H2,18,19,20). The number of anilines is 1. The Morgan fingerprint density at radius 2 is 2.05 bits per heavy atom. The predicted molar refractivity (Wildman–Crippen MR) is 69.6 cm³/mol. The van der Waals surface area contributed by atoms with Crippen molar-refractivity contribution in [3.63, 3.8) is 0 Å². The van der Waals surface area contributed by atoms with E-state index in [1.807, 2.05) is 0 Å². The Kier molecular flexibility index (Phi) is 5.36. The summed E-state index contributed by atoms with van der Waals surface area (Å²) in [6, 6.07) is 3.76. The van der Waals surface area contributed by atoms with Gasteiger partial charge in [0.15, 0.2) is 0 Å². The van der Waals surface area contributed by atoms with Crippen molar-refractivity contribution in [1.29, 1.82) is 5.41 Å². The Bertz CT molecular complexity index is 488. The van der Waals surface area contributed by atoms with E-state index in [9.17, 15) is 18.0 Å². The molecule has 110 valence electrons. The maximum atomic E-state index is 12.5. The maximum Gasteiger partial charge on any atom is 0.416 e. The number of amidine groups is 1. The minimum absolute atomic E-state index is 0.0186. The van der Waals surface area contributed by atoms with Crippen LogP contribution in [-0.4, -0.2) is 18.4 Å². The lowest BCUT2D eigenvalue weighted by Crippen LogP contribution is -2.30. The number of carbonyl (C=O) groups is 1. The second-order valence-corrected chi connectivity index (χ2v) is 4.09. The van der Waals surface area contributed by atoms with Crippen LogP contribution in [0.1, 0.15) is 18.4 Å². The van der Waals surface area contributed by atoms with E-state index in [2.05, 4.69) is 10.6 Å². The first-order chi connectivity index (χ1) is 9.29. The average Bonchev–Trinajstić information content (AvgIpc) is 2.34. The zero-order chi connectivity index (χ0) is 15.2. The summed E-state index contributed by atoms with van der Waals surface area (Å²) in [7, 11) is 0. The van der Waals surface area contributed by atoms with Crippen LogP contribution in [0.25, 0.3) is 0 Å². The van der Waals surface area contributed by atoms with Crippen LogP contribution in [0.5, 0.6) is 0 Å². The van der Waals surface area contributed by atoms with Crippen molar-refractivity contribution < 1.29 is 18.0 Å². The van der Waals surface area contributed by atoms with Gasteiger partial charge in [0.2, 0.25) is 0 Å². The molecule has 20 heavy (non-hydrogen) atoms. The van der Waals surface area contributed by atoms with Crippen LogP contribution in [0, 0.1) is 5.41 Å². The van der Waals surface area contributed by atoms with E-state index < -0.39 is 17.8 Å². The maximum absolute atomic E-state index is 12.5. The fourth-order valence-corrected chi connectivity index (χ4v) is 1.43. The molecule has 0 aliphatic heterocycles. The summed E-state index contributed by atoms with van der Waals surface area (Å²) in [5, 5.41) is 11.8. The topological polar surface area (TPSA) is 91.0 Å². The smallest absolute Gasteiger partial charge is 0.388 e. The molecule has 0 saturated carbocycles. The summed E-state index contributed by atoms with van der Waals surface area (Å²) in [5.41, 5.74) is 4.37. The lowest BCUT2D eigenvalue weighted by atomic mass is 10.2. The van der Waals surface area contributed by atoms with Crippen LogP contribution in [0.15, 0.2) is 24.3 Å². The summed E-state index contributed by atoms with van der Waals surface area (Å²) >= 11 is 0. The number of hydrogen-bond donors (Lipinski definition) is 4. The van der Waals surface area contributed by atoms with E-state index in [1.165, 1.54) is 12.1 Å². The van der Waals surface area contributed by atoms with Gasteiger partial charge in [0, 0.05) is 18.7 Å². The lowest BCUT2D eigenvalue weighted by molar-refractivity contribution is -0.137. The average molecular weight is 288 g/mol. The third-order valence-electron chi connectivity index (χ3n) is 2.36. The molecule has 0 aliphatic carbocycles. The van der Waals surface area contributed by atoms with Crippen LogP contribution in [0.2, 0.25) is 0 Å². The molecule has 1 rings (SSSR count). The van der Waals surface area contributed by atoms with Crippen molar-refractivity contribution in [2.75, 3.05) is 11.9 Å². The molecule has 1 aromatic rings. The predicted octanol–water partition coefficient (Wildman–Crippen LogP) is 2.54. The molecule has 0 bridgehead atoms. The second kappa shape index (κ2) is 6.78. The molecule has 0 saturated heterocycles. The van der Waals surface area contributed by atoms with Gasteiger partial charge in [-0.2, -0.15) is 13.2 Å².